The van der Waals surface area contributed by atoms with Crippen molar-refractivity contribution in [3.63, 3.8) is 0 Å². The molecule has 1 aromatic heterocycles. The van der Waals surface area contributed by atoms with Crippen molar-refractivity contribution >= 4 is 22.6 Å². The first-order valence-corrected chi connectivity index (χ1v) is 30.6. The molecule has 0 spiro atoms. The van der Waals surface area contributed by atoms with Crippen molar-refractivity contribution in [2.75, 3.05) is 153 Å². The average Bonchev–Trinajstić information content (AvgIpc) is 4.12. The number of aromatic nitrogens is 2. The molecule has 4 aromatic rings. The number of hydrazine groups is 2. The van der Waals surface area contributed by atoms with E-state index in [0.717, 1.165) is 97.3 Å². The van der Waals surface area contributed by atoms with Crippen LogP contribution in [0.1, 0.15) is 103 Å². The number of fused-ring (bicyclic) bond motifs is 2. The largest absolute Gasteiger partial charge is 0.493 e. The number of anilines is 1. The number of hydrogen-bond acceptors (Lipinski definition) is 18. The predicted molar refractivity (Wildman–Crippen MR) is 329 cm³/mol. The lowest BCUT2D eigenvalue weighted by atomic mass is 9.71. The molecule has 0 unspecified atom stereocenters. The van der Waals surface area contributed by atoms with Crippen molar-refractivity contribution in [3.05, 3.63) is 77.9 Å². The van der Waals surface area contributed by atoms with E-state index in [9.17, 15) is 4.79 Å². The fourth-order valence-corrected chi connectivity index (χ4v) is 11.2. The molecule has 1 amide bonds. The highest BCUT2D eigenvalue weighted by Gasteiger charge is 2.31. The van der Waals surface area contributed by atoms with E-state index in [-0.39, 0.29) is 5.91 Å². The van der Waals surface area contributed by atoms with Gasteiger partial charge in [-0.1, -0.05) is 52.3 Å². The highest BCUT2D eigenvalue weighted by Crippen LogP contribution is 2.41. The van der Waals surface area contributed by atoms with Gasteiger partial charge in [0, 0.05) is 67.9 Å². The first-order chi connectivity index (χ1) is 40.3. The highest BCUT2D eigenvalue weighted by molar-refractivity contribution is 5.89. The van der Waals surface area contributed by atoms with Crippen molar-refractivity contribution in [2.45, 2.75) is 111 Å². The standard InChI is InChI=1S/C43H75N9O4.C21H25NO5/c1-43(2,3)36-14-16-38(17-15-36)50(5)35-41-45-40-13-8-7-12-39(40)42(46-41)44-19-11-20-49(4)24-26-53-28-30-55-32-33-56-31-29-54-27-25-52-34-37(47-48-52)18-23-51-21-9-6-10-22-51;1-5-20(23)22-8-9-27-21-16(13-22)10-15(12-19(21)26-4)14-6-7-17(24-2)18(11-14)25-3/h7-8,12-13,34,36,38,47-48H,6,9-11,14-33,35H2,1-5H3,(H,44,45,46);6-7,10-12H,5,8-9,13H2,1-4H3. The third-order valence-corrected chi connectivity index (χ3v) is 16.3. The normalized spacial score (nSPS) is 17.6. The van der Waals surface area contributed by atoms with E-state index in [4.69, 9.17) is 47.9 Å². The Labute approximate surface area is 495 Å². The molecular weight excluding hydrogens is 1050 g/mol. The maximum atomic E-state index is 12.2. The van der Waals surface area contributed by atoms with Crippen molar-refractivity contribution in [2.24, 2.45) is 11.3 Å². The summed E-state index contributed by atoms with van der Waals surface area (Å²) in [5.74, 6) is 5.45. The van der Waals surface area contributed by atoms with Crippen LogP contribution in [0.3, 0.4) is 0 Å². The van der Waals surface area contributed by atoms with Crippen LogP contribution in [-0.4, -0.2) is 194 Å². The monoisotopic (exact) mass is 1150 g/mol. The molecule has 460 valence electrons. The van der Waals surface area contributed by atoms with E-state index in [0.29, 0.717) is 113 Å². The molecule has 4 heterocycles. The maximum absolute atomic E-state index is 12.2. The van der Waals surface area contributed by atoms with Crippen LogP contribution in [0.2, 0.25) is 0 Å². The summed E-state index contributed by atoms with van der Waals surface area (Å²) in [7, 11) is 9.23. The minimum absolute atomic E-state index is 0.113. The molecule has 0 atom stereocenters. The Kier molecular flexibility index (Phi) is 27.0. The number of carbonyl (C=O) groups excluding carboxylic acids is 1. The van der Waals surface area contributed by atoms with E-state index in [1.165, 1.54) is 63.7 Å². The molecular formula is C64H100N10O9. The van der Waals surface area contributed by atoms with Gasteiger partial charge in [-0.05, 0) is 138 Å². The van der Waals surface area contributed by atoms with Crippen molar-refractivity contribution in [1.82, 2.24) is 45.5 Å². The van der Waals surface area contributed by atoms with Crippen LogP contribution in [0.5, 0.6) is 23.0 Å². The fraction of sp³-hybridized carbons (Fsp3) is 0.641. The molecule has 0 bridgehead atoms. The lowest BCUT2D eigenvalue weighted by molar-refractivity contribution is -0.131. The summed E-state index contributed by atoms with van der Waals surface area (Å²) in [6, 6.07) is 18.7. The number of nitrogens with one attached hydrogen (secondary N) is 3. The number of ether oxygens (including phenoxy) is 8. The average molecular weight is 1150 g/mol. The van der Waals surface area contributed by atoms with Crippen molar-refractivity contribution < 1.29 is 42.7 Å². The van der Waals surface area contributed by atoms with Gasteiger partial charge in [-0.3, -0.25) is 14.7 Å². The van der Waals surface area contributed by atoms with Crippen LogP contribution in [0.4, 0.5) is 5.82 Å². The van der Waals surface area contributed by atoms with Crippen molar-refractivity contribution in [3.8, 4) is 34.1 Å². The summed E-state index contributed by atoms with van der Waals surface area (Å²) < 4.78 is 45.1. The molecule has 8 rings (SSSR count). The molecule has 1 aliphatic carbocycles. The van der Waals surface area contributed by atoms with Crippen LogP contribution in [0.25, 0.3) is 22.0 Å². The zero-order chi connectivity index (χ0) is 58.8. The number of amides is 1. The van der Waals surface area contributed by atoms with E-state index in [2.05, 4.69) is 101 Å². The molecule has 1 saturated carbocycles. The lowest BCUT2D eigenvalue weighted by Crippen LogP contribution is -2.38. The first-order valence-electron chi connectivity index (χ1n) is 30.6. The lowest BCUT2D eigenvalue weighted by Gasteiger charge is -2.39. The van der Waals surface area contributed by atoms with E-state index >= 15 is 0 Å². The third kappa shape index (κ3) is 20.9. The van der Waals surface area contributed by atoms with Gasteiger partial charge in [0.1, 0.15) is 18.2 Å². The third-order valence-electron chi connectivity index (χ3n) is 16.3. The number of hydrogen-bond donors (Lipinski definition) is 3. The summed E-state index contributed by atoms with van der Waals surface area (Å²) in [6.07, 6.45) is 13.9. The Morgan fingerprint density at radius 2 is 1.45 bits per heavy atom. The predicted octanol–water partition coefficient (Wildman–Crippen LogP) is 9.02. The SMILES string of the molecule is CCC(=O)N1CCOc2c(cc(-c3ccc(OC)c(OC)c3)cc2OC)C1.CN(CCCNc1nc(CN(C)C2CCC(C(C)(C)C)CC2)nc2ccccc12)CCOCCOCCOCCOCCN1C=C(CCN2CCCCC2)NN1. The summed E-state index contributed by atoms with van der Waals surface area (Å²) in [4.78, 5) is 31.3. The zero-order valence-electron chi connectivity index (χ0n) is 51.7. The molecule has 19 heteroatoms. The van der Waals surface area contributed by atoms with Crippen LogP contribution in [0, 0.1) is 11.3 Å². The zero-order valence-corrected chi connectivity index (χ0v) is 51.7. The molecule has 2 fully saturated rings. The van der Waals surface area contributed by atoms with Gasteiger partial charge < -0.3 is 63.3 Å². The Morgan fingerprint density at radius 3 is 2.14 bits per heavy atom. The number of likely N-dealkylation sites (N-methyl/N-ethyl adjacent to an activating group) is 1. The number of rotatable bonds is 31. The second kappa shape index (κ2) is 34.4. The molecule has 1 saturated heterocycles. The molecule has 4 aliphatic rings. The summed E-state index contributed by atoms with van der Waals surface area (Å²) in [5.41, 5.74) is 12.0. The van der Waals surface area contributed by atoms with Gasteiger partial charge >= 0.3 is 0 Å². The number of likely N-dealkylation sites (tertiary alicyclic amines) is 1. The smallest absolute Gasteiger partial charge is 0.222 e. The molecule has 0 radical (unpaired) electrons. The van der Waals surface area contributed by atoms with Crippen LogP contribution >= 0.6 is 0 Å². The highest BCUT2D eigenvalue weighted by atomic mass is 16.6. The molecule has 3 N–H and O–H groups in total. The summed E-state index contributed by atoms with van der Waals surface area (Å²) in [5, 5.41) is 6.76. The molecule has 19 nitrogen and oxygen atoms in total. The van der Waals surface area contributed by atoms with Gasteiger partial charge in [0.15, 0.2) is 23.0 Å². The molecule has 3 aliphatic heterocycles. The maximum Gasteiger partial charge on any atom is 0.222 e. The number of methoxy groups -OCH3 is 3. The fourth-order valence-electron chi connectivity index (χ4n) is 11.2. The van der Waals surface area contributed by atoms with Gasteiger partial charge in [-0.25, -0.2) is 9.97 Å². The minimum atomic E-state index is 0.113. The first kappa shape index (κ1) is 65.0. The number of piperidine rings is 1. The number of para-hydroxylation sites is 1. The Hall–Kier alpha value is -5.51. The van der Waals surface area contributed by atoms with Crippen LogP contribution in [0.15, 0.2) is 66.5 Å². The van der Waals surface area contributed by atoms with Gasteiger partial charge in [-0.2, -0.15) is 0 Å². The number of nitrogens with zero attached hydrogens (tertiary/aromatic N) is 7. The Balaban J connectivity index is 0.000000305. The van der Waals surface area contributed by atoms with Gasteiger partial charge in [0.2, 0.25) is 5.91 Å². The van der Waals surface area contributed by atoms with Crippen LogP contribution in [-0.2, 0) is 36.8 Å². The number of carbonyl (C=O) groups is 1. The molecule has 3 aromatic carbocycles. The van der Waals surface area contributed by atoms with Gasteiger partial charge in [-0.15, -0.1) is 5.53 Å². The minimum Gasteiger partial charge on any atom is -0.493 e. The Bertz CT molecular complexity index is 2590. The van der Waals surface area contributed by atoms with Crippen LogP contribution < -0.4 is 35.2 Å². The van der Waals surface area contributed by atoms with E-state index in [1.54, 1.807) is 21.3 Å². The summed E-state index contributed by atoms with van der Waals surface area (Å²) >= 11 is 0. The topological polar surface area (TPSA) is 169 Å². The second-order valence-corrected chi connectivity index (χ2v) is 23.3. The van der Waals surface area contributed by atoms with E-state index < -0.39 is 0 Å². The Morgan fingerprint density at radius 1 is 0.759 bits per heavy atom. The summed E-state index contributed by atoms with van der Waals surface area (Å²) in [6.45, 7) is 23.2. The van der Waals surface area contributed by atoms with Gasteiger partial charge in [0.05, 0.1) is 99.3 Å². The van der Waals surface area contributed by atoms with Crippen molar-refractivity contribution in [1.29, 1.82) is 0 Å². The quantitative estimate of drug-likeness (QED) is 0.0408. The number of benzene rings is 3. The van der Waals surface area contributed by atoms with E-state index in [1.807, 2.05) is 42.2 Å². The molecule has 83 heavy (non-hydrogen) atoms. The second-order valence-electron chi connectivity index (χ2n) is 23.3. The van der Waals surface area contributed by atoms with Gasteiger partial charge in [0.25, 0.3) is 0 Å².